The average molecular weight is 503 g/mol. The predicted octanol–water partition coefficient (Wildman–Crippen LogP) is 4.54. The van der Waals surface area contributed by atoms with E-state index in [0.29, 0.717) is 34.0 Å². The highest BCUT2D eigenvalue weighted by atomic mass is 16.5. The molecule has 4 N–H and O–H groups in total. The molecule has 10 heteroatoms. The summed E-state index contributed by atoms with van der Waals surface area (Å²) in [7, 11) is 1.59. The fourth-order valence-electron chi connectivity index (χ4n) is 4.35. The van der Waals surface area contributed by atoms with Crippen molar-refractivity contribution in [1.82, 2.24) is 29.5 Å². The number of aromatic amines is 1. The normalized spacial score (nSPS) is 11.0. The van der Waals surface area contributed by atoms with Crippen molar-refractivity contribution in [3.05, 3.63) is 102 Å². The number of hydrogen-bond acceptors (Lipinski definition) is 8. The Morgan fingerprint density at radius 2 is 1.50 bits per heavy atom. The molecule has 0 saturated heterocycles. The fraction of sp³-hybridized carbons (Fsp3) is 0.0357. The molecule has 0 saturated carbocycles. The number of nitrogen functional groups attached to an aromatic ring is 1. The summed E-state index contributed by atoms with van der Waals surface area (Å²) in [6.07, 6.45) is 1.30. The third-order valence-corrected chi connectivity index (χ3v) is 6.10. The van der Waals surface area contributed by atoms with E-state index in [1.165, 1.54) is 10.8 Å². The van der Waals surface area contributed by atoms with Gasteiger partial charge in [-0.1, -0.05) is 72.8 Å². The number of ether oxygens (including phenoxy) is 1. The highest BCUT2D eigenvalue weighted by Gasteiger charge is 2.23. The van der Waals surface area contributed by atoms with E-state index in [2.05, 4.69) is 25.3 Å². The van der Waals surface area contributed by atoms with E-state index in [4.69, 9.17) is 15.6 Å². The lowest BCUT2D eigenvalue weighted by molar-refractivity contribution is 0.415. The van der Waals surface area contributed by atoms with Crippen LogP contribution in [0.1, 0.15) is 0 Å². The van der Waals surface area contributed by atoms with Gasteiger partial charge in [-0.2, -0.15) is 14.6 Å². The van der Waals surface area contributed by atoms with Crippen LogP contribution in [0.3, 0.4) is 0 Å². The van der Waals surface area contributed by atoms with Crippen molar-refractivity contribution >= 4 is 23.4 Å². The van der Waals surface area contributed by atoms with Gasteiger partial charge in [0.1, 0.15) is 29.2 Å². The Bertz CT molecular complexity index is 1800. The van der Waals surface area contributed by atoms with Gasteiger partial charge >= 0.3 is 0 Å². The van der Waals surface area contributed by atoms with Gasteiger partial charge in [-0.15, -0.1) is 0 Å². The Labute approximate surface area is 216 Å². The van der Waals surface area contributed by atoms with Crippen molar-refractivity contribution in [2.24, 2.45) is 0 Å². The van der Waals surface area contributed by atoms with Gasteiger partial charge in [0.15, 0.2) is 0 Å². The van der Waals surface area contributed by atoms with E-state index >= 15 is 0 Å². The largest absolute Gasteiger partial charge is 0.497 e. The Balaban J connectivity index is 1.67. The SMILES string of the molecule is COc1ccc(-c2c(Nc3ncnc(N)n3)[nH]c3c(-c4ccccc4)c(-c4ccccc4)nn3c2=O)cc1. The first-order valence-corrected chi connectivity index (χ1v) is 11.8. The summed E-state index contributed by atoms with van der Waals surface area (Å²) in [6, 6.07) is 26.8. The van der Waals surface area contributed by atoms with Gasteiger partial charge < -0.3 is 20.8 Å². The minimum atomic E-state index is -0.326. The fourth-order valence-corrected chi connectivity index (χ4v) is 4.35. The molecule has 3 heterocycles. The smallest absolute Gasteiger partial charge is 0.284 e. The molecule has 6 rings (SSSR count). The molecule has 0 bridgehead atoms. The van der Waals surface area contributed by atoms with Crippen LogP contribution in [0.15, 0.2) is 96.1 Å². The van der Waals surface area contributed by atoms with Crippen LogP contribution < -0.4 is 21.3 Å². The van der Waals surface area contributed by atoms with Gasteiger partial charge in [-0.3, -0.25) is 4.79 Å². The molecule has 0 atom stereocenters. The van der Waals surface area contributed by atoms with Crippen LogP contribution >= 0.6 is 0 Å². The van der Waals surface area contributed by atoms with Crippen LogP contribution in [-0.4, -0.2) is 36.7 Å². The van der Waals surface area contributed by atoms with Crippen LogP contribution in [0.5, 0.6) is 5.75 Å². The zero-order valence-electron chi connectivity index (χ0n) is 20.3. The molecule has 38 heavy (non-hydrogen) atoms. The molecule has 0 aliphatic carbocycles. The highest BCUT2D eigenvalue weighted by Crippen LogP contribution is 2.36. The molecule has 10 nitrogen and oxygen atoms in total. The highest BCUT2D eigenvalue weighted by molar-refractivity contribution is 5.92. The van der Waals surface area contributed by atoms with Crippen LogP contribution in [0.4, 0.5) is 17.7 Å². The summed E-state index contributed by atoms with van der Waals surface area (Å²) in [4.78, 5) is 29.7. The van der Waals surface area contributed by atoms with E-state index in [1.807, 2.05) is 72.8 Å². The van der Waals surface area contributed by atoms with Crippen molar-refractivity contribution in [1.29, 1.82) is 0 Å². The zero-order chi connectivity index (χ0) is 26.1. The van der Waals surface area contributed by atoms with Crippen molar-refractivity contribution < 1.29 is 4.74 Å². The van der Waals surface area contributed by atoms with Crippen LogP contribution in [0, 0.1) is 0 Å². The molecule has 0 unspecified atom stereocenters. The molecule has 6 aromatic rings. The second-order valence-electron chi connectivity index (χ2n) is 8.42. The van der Waals surface area contributed by atoms with Crippen molar-refractivity contribution in [3.8, 4) is 39.3 Å². The van der Waals surface area contributed by atoms with E-state index in [-0.39, 0.29) is 17.5 Å². The monoisotopic (exact) mass is 502 g/mol. The molecule has 0 spiro atoms. The summed E-state index contributed by atoms with van der Waals surface area (Å²) in [5.41, 5.74) is 10.2. The summed E-state index contributed by atoms with van der Waals surface area (Å²) < 4.78 is 6.70. The minimum Gasteiger partial charge on any atom is -0.497 e. The lowest BCUT2D eigenvalue weighted by Crippen LogP contribution is -2.20. The summed E-state index contributed by atoms with van der Waals surface area (Å²) in [6.45, 7) is 0. The number of nitrogens with two attached hydrogens (primary N) is 1. The Morgan fingerprint density at radius 1 is 0.842 bits per heavy atom. The second-order valence-corrected chi connectivity index (χ2v) is 8.42. The van der Waals surface area contributed by atoms with E-state index in [9.17, 15) is 4.79 Å². The molecule has 186 valence electrons. The number of rotatable bonds is 6. The quantitative estimate of drug-likeness (QED) is 0.302. The number of hydrogen-bond donors (Lipinski definition) is 3. The predicted molar refractivity (Wildman–Crippen MR) is 146 cm³/mol. The maximum absolute atomic E-state index is 14.1. The first kappa shape index (κ1) is 22.9. The second kappa shape index (κ2) is 9.51. The van der Waals surface area contributed by atoms with Gasteiger partial charge in [-0.25, -0.2) is 9.97 Å². The summed E-state index contributed by atoms with van der Waals surface area (Å²) in [5, 5.41) is 7.93. The van der Waals surface area contributed by atoms with Gasteiger partial charge in [0, 0.05) is 5.56 Å². The molecular weight excluding hydrogens is 480 g/mol. The first-order valence-electron chi connectivity index (χ1n) is 11.8. The van der Waals surface area contributed by atoms with E-state index in [0.717, 1.165) is 16.7 Å². The van der Waals surface area contributed by atoms with E-state index in [1.54, 1.807) is 19.2 Å². The molecule has 3 aromatic carbocycles. The van der Waals surface area contributed by atoms with Gasteiger partial charge in [-0.05, 0) is 23.3 Å². The topological polar surface area (TPSA) is 136 Å². The Kier molecular flexibility index (Phi) is 5.74. The number of fused-ring (bicyclic) bond motifs is 1. The van der Waals surface area contributed by atoms with Crippen LogP contribution in [-0.2, 0) is 0 Å². The van der Waals surface area contributed by atoms with E-state index < -0.39 is 0 Å². The molecule has 0 aliphatic rings. The third-order valence-electron chi connectivity index (χ3n) is 6.10. The molecule has 0 radical (unpaired) electrons. The first-order chi connectivity index (χ1) is 18.6. The van der Waals surface area contributed by atoms with Crippen molar-refractivity contribution in [3.63, 3.8) is 0 Å². The third kappa shape index (κ3) is 4.09. The number of nitrogens with one attached hydrogen (secondary N) is 2. The molecular formula is C28H22N8O2. The number of nitrogens with zero attached hydrogens (tertiary/aromatic N) is 5. The number of anilines is 3. The lowest BCUT2D eigenvalue weighted by Gasteiger charge is -2.13. The summed E-state index contributed by atoms with van der Waals surface area (Å²) in [5.74, 6) is 1.30. The van der Waals surface area contributed by atoms with Gasteiger partial charge in [0.05, 0.1) is 18.2 Å². The summed E-state index contributed by atoms with van der Waals surface area (Å²) >= 11 is 0. The standard InChI is InChI=1S/C28H22N8O2/c1-38-20-14-12-18(13-15-20)22-24(33-28-31-16-30-27(29)34-28)32-25-21(17-8-4-2-5-9-17)23(35-36(25)26(22)37)19-10-6-3-7-11-19/h2-16,32H,1H3,(H3,29,30,31,33,34). The average Bonchev–Trinajstić information content (AvgIpc) is 3.34. The molecule has 0 aliphatic heterocycles. The van der Waals surface area contributed by atoms with Crippen molar-refractivity contribution in [2.75, 3.05) is 18.2 Å². The van der Waals surface area contributed by atoms with Crippen LogP contribution in [0.2, 0.25) is 0 Å². The number of methoxy groups -OCH3 is 1. The number of aromatic nitrogens is 6. The minimum absolute atomic E-state index is 0.0533. The maximum atomic E-state index is 14.1. The number of H-pyrrole nitrogens is 1. The van der Waals surface area contributed by atoms with Crippen molar-refractivity contribution in [2.45, 2.75) is 0 Å². The van der Waals surface area contributed by atoms with Crippen LogP contribution in [0.25, 0.3) is 39.2 Å². The van der Waals surface area contributed by atoms with Gasteiger partial charge in [0.2, 0.25) is 11.9 Å². The Hall–Kier alpha value is -5.51. The Morgan fingerprint density at radius 3 is 2.16 bits per heavy atom. The molecule has 3 aromatic heterocycles. The maximum Gasteiger partial charge on any atom is 0.284 e. The molecule has 0 fully saturated rings. The zero-order valence-corrected chi connectivity index (χ0v) is 20.3. The van der Waals surface area contributed by atoms with Gasteiger partial charge in [0.25, 0.3) is 5.56 Å². The number of benzene rings is 3. The molecule has 0 amide bonds. The lowest BCUT2D eigenvalue weighted by atomic mass is 10.0.